The lowest BCUT2D eigenvalue weighted by Gasteiger charge is -2.21. The highest BCUT2D eigenvalue weighted by atomic mass is 16.3. The van der Waals surface area contributed by atoms with E-state index < -0.39 is 0 Å². The highest BCUT2D eigenvalue weighted by molar-refractivity contribution is 6.02. The molecule has 0 unspecified atom stereocenters. The Hall–Kier alpha value is -3.61. The standard InChI is InChI=1S/C22H20N4O3/c27-19(24-16-8-2-3-9-17(16)25-11-5-6-12-25)13-26-14-23-20-15-7-1-4-10-18(15)29-21(20)22(26)28/h1-4,7-10,14H,5-6,11-13H2,(H,24,27). The van der Waals surface area contributed by atoms with Gasteiger partial charge in [0.25, 0.3) is 5.56 Å². The van der Waals surface area contributed by atoms with Crippen molar-refractivity contribution in [3.63, 3.8) is 0 Å². The van der Waals surface area contributed by atoms with Crippen LogP contribution in [-0.4, -0.2) is 28.5 Å². The minimum atomic E-state index is -0.367. The quantitative estimate of drug-likeness (QED) is 0.580. The number of benzene rings is 2. The van der Waals surface area contributed by atoms with Crippen LogP contribution in [-0.2, 0) is 11.3 Å². The van der Waals surface area contributed by atoms with Crippen molar-refractivity contribution in [2.45, 2.75) is 19.4 Å². The maximum absolute atomic E-state index is 12.8. The maximum atomic E-state index is 12.8. The van der Waals surface area contributed by atoms with Crippen LogP contribution in [0.15, 0.2) is 64.1 Å². The number of fused-ring (bicyclic) bond motifs is 3. The first-order chi connectivity index (χ1) is 14.2. The SMILES string of the molecule is O=C(Cn1cnc2c(oc3ccccc32)c1=O)Nc1ccccc1N1CCCC1. The Kier molecular flexibility index (Phi) is 4.27. The number of nitrogens with zero attached hydrogens (tertiary/aromatic N) is 3. The van der Waals surface area contributed by atoms with Gasteiger partial charge in [-0.2, -0.15) is 0 Å². The molecule has 146 valence electrons. The first kappa shape index (κ1) is 17.5. The molecule has 2 aromatic carbocycles. The normalized spacial score (nSPS) is 14.0. The van der Waals surface area contributed by atoms with Crippen molar-refractivity contribution >= 4 is 39.4 Å². The molecule has 7 nitrogen and oxygen atoms in total. The lowest BCUT2D eigenvalue weighted by molar-refractivity contribution is -0.116. The monoisotopic (exact) mass is 388 g/mol. The van der Waals surface area contributed by atoms with Gasteiger partial charge < -0.3 is 14.6 Å². The van der Waals surface area contributed by atoms with Gasteiger partial charge in [0.1, 0.15) is 17.6 Å². The van der Waals surface area contributed by atoms with Gasteiger partial charge in [-0.25, -0.2) is 4.98 Å². The minimum Gasteiger partial charge on any atom is -0.448 e. The van der Waals surface area contributed by atoms with Crippen molar-refractivity contribution in [1.82, 2.24) is 9.55 Å². The van der Waals surface area contributed by atoms with E-state index in [9.17, 15) is 9.59 Å². The fraction of sp³-hybridized carbons (Fsp3) is 0.227. The van der Waals surface area contributed by atoms with Crippen LogP contribution in [0.1, 0.15) is 12.8 Å². The number of aromatic nitrogens is 2. The van der Waals surface area contributed by atoms with Gasteiger partial charge in [0, 0.05) is 18.5 Å². The Labute approximate surface area is 166 Å². The fourth-order valence-corrected chi connectivity index (χ4v) is 3.89. The molecule has 4 aromatic rings. The van der Waals surface area contributed by atoms with Gasteiger partial charge in [-0.3, -0.25) is 14.2 Å². The predicted molar refractivity (Wildman–Crippen MR) is 112 cm³/mol. The summed E-state index contributed by atoms with van der Waals surface area (Å²) in [6.07, 6.45) is 3.71. The number of nitrogens with one attached hydrogen (secondary N) is 1. The maximum Gasteiger partial charge on any atom is 0.297 e. The second-order valence-corrected chi connectivity index (χ2v) is 7.21. The average molecular weight is 388 g/mol. The molecule has 0 spiro atoms. The molecule has 1 fully saturated rings. The lowest BCUT2D eigenvalue weighted by atomic mass is 10.2. The zero-order chi connectivity index (χ0) is 19.8. The summed E-state index contributed by atoms with van der Waals surface area (Å²) in [4.78, 5) is 32.1. The Morgan fingerprint density at radius 1 is 1.07 bits per heavy atom. The lowest BCUT2D eigenvalue weighted by Crippen LogP contribution is -2.28. The van der Waals surface area contributed by atoms with Crippen LogP contribution in [0.4, 0.5) is 11.4 Å². The third-order valence-corrected chi connectivity index (χ3v) is 5.29. The Bertz CT molecular complexity index is 1270. The van der Waals surface area contributed by atoms with Gasteiger partial charge in [0.05, 0.1) is 17.7 Å². The van der Waals surface area contributed by atoms with Crippen molar-refractivity contribution < 1.29 is 9.21 Å². The highest BCUT2D eigenvalue weighted by Gasteiger charge is 2.18. The van der Waals surface area contributed by atoms with Gasteiger partial charge in [-0.05, 0) is 37.1 Å². The summed E-state index contributed by atoms with van der Waals surface area (Å²) in [6, 6.07) is 15.1. The van der Waals surface area contributed by atoms with Crippen LogP contribution in [0.5, 0.6) is 0 Å². The van der Waals surface area contributed by atoms with E-state index in [2.05, 4.69) is 15.2 Å². The first-order valence-corrected chi connectivity index (χ1v) is 9.71. The molecule has 0 bridgehead atoms. The summed E-state index contributed by atoms with van der Waals surface area (Å²) in [5.41, 5.74) is 2.69. The second kappa shape index (κ2) is 7.09. The molecule has 1 aliphatic rings. The van der Waals surface area contributed by atoms with Crippen molar-refractivity contribution in [1.29, 1.82) is 0 Å². The molecule has 0 radical (unpaired) electrons. The minimum absolute atomic E-state index is 0.132. The topological polar surface area (TPSA) is 80.4 Å². The summed E-state index contributed by atoms with van der Waals surface area (Å²) < 4.78 is 6.95. The number of para-hydroxylation sites is 3. The summed E-state index contributed by atoms with van der Waals surface area (Å²) in [5.74, 6) is -0.281. The molecule has 0 aliphatic carbocycles. The average Bonchev–Trinajstić information content (AvgIpc) is 3.39. The summed E-state index contributed by atoms with van der Waals surface area (Å²) >= 11 is 0. The number of carbonyl (C=O) groups excluding carboxylic acids is 1. The Morgan fingerprint density at radius 2 is 1.83 bits per heavy atom. The molecule has 5 rings (SSSR count). The van der Waals surface area contributed by atoms with Crippen LogP contribution in [0.25, 0.3) is 22.1 Å². The molecule has 1 N–H and O–H groups in total. The molecular formula is C22H20N4O3. The second-order valence-electron chi connectivity index (χ2n) is 7.21. The van der Waals surface area contributed by atoms with Gasteiger partial charge in [-0.15, -0.1) is 0 Å². The molecule has 0 atom stereocenters. The van der Waals surface area contributed by atoms with E-state index in [0.717, 1.165) is 42.7 Å². The van der Waals surface area contributed by atoms with Crippen molar-refractivity contribution in [2.24, 2.45) is 0 Å². The predicted octanol–water partition coefficient (Wildman–Crippen LogP) is 3.38. The van der Waals surface area contributed by atoms with Gasteiger partial charge in [0.15, 0.2) is 0 Å². The van der Waals surface area contributed by atoms with Gasteiger partial charge in [0.2, 0.25) is 11.5 Å². The number of hydrogen-bond donors (Lipinski definition) is 1. The van der Waals surface area contributed by atoms with Gasteiger partial charge >= 0.3 is 0 Å². The molecule has 3 heterocycles. The molecule has 2 aromatic heterocycles. The Morgan fingerprint density at radius 3 is 2.69 bits per heavy atom. The number of rotatable bonds is 4. The zero-order valence-electron chi connectivity index (χ0n) is 15.8. The van der Waals surface area contributed by atoms with Crippen LogP contribution >= 0.6 is 0 Å². The fourth-order valence-electron chi connectivity index (χ4n) is 3.89. The van der Waals surface area contributed by atoms with E-state index in [1.165, 1.54) is 10.9 Å². The van der Waals surface area contributed by atoms with Gasteiger partial charge in [-0.1, -0.05) is 24.3 Å². The van der Waals surface area contributed by atoms with E-state index in [0.29, 0.717) is 11.1 Å². The zero-order valence-corrected chi connectivity index (χ0v) is 15.8. The van der Waals surface area contributed by atoms with Crippen LogP contribution in [0, 0.1) is 0 Å². The number of furan rings is 1. The summed E-state index contributed by atoms with van der Waals surface area (Å²) in [7, 11) is 0. The molecule has 0 saturated carbocycles. The van der Waals surface area contributed by atoms with E-state index in [4.69, 9.17) is 4.42 Å². The molecule has 7 heteroatoms. The number of amides is 1. The Balaban J connectivity index is 1.41. The third kappa shape index (κ3) is 3.14. The molecule has 1 aliphatic heterocycles. The number of anilines is 2. The summed E-state index contributed by atoms with van der Waals surface area (Å²) in [5, 5.41) is 3.73. The number of carbonyl (C=O) groups is 1. The van der Waals surface area contributed by atoms with E-state index in [1.54, 1.807) is 6.07 Å². The van der Waals surface area contributed by atoms with Crippen molar-refractivity contribution in [3.8, 4) is 0 Å². The molecule has 29 heavy (non-hydrogen) atoms. The number of hydrogen-bond acceptors (Lipinski definition) is 5. The first-order valence-electron chi connectivity index (χ1n) is 9.71. The largest absolute Gasteiger partial charge is 0.448 e. The highest BCUT2D eigenvalue weighted by Crippen LogP contribution is 2.28. The van der Waals surface area contributed by atoms with Crippen LogP contribution < -0.4 is 15.8 Å². The third-order valence-electron chi connectivity index (χ3n) is 5.29. The van der Waals surface area contributed by atoms with Crippen LogP contribution in [0.3, 0.4) is 0 Å². The van der Waals surface area contributed by atoms with Crippen molar-refractivity contribution in [2.75, 3.05) is 23.3 Å². The van der Waals surface area contributed by atoms with E-state index in [1.807, 2.05) is 42.5 Å². The van der Waals surface area contributed by atoms with E-state index >= 15 is 0 Å². The molecule has 1 saturated heterocycles. The molecular weight excluding hydrogens is 368 g/mol. The summed E-state index contributed by atoms with van der Waals surface area (Å²) in [6.45, 7) is 1.84. The van der Waals surface area contributed by atoms with Crippen LogP contribution in [0.2, 0.25) is 0 Å². The van der Waals surface area contributed by atoms with Crippen molar-refractivity contribution in [3.05, 3.63) is 65.2 Å². The molecule has 1 amide bonds. The van der Waals surface area contributed by atoms with E-state index in [-0.39, 0.29) is 23.6 Å². The smallest absolute Gasteiger partial charge is 0.297 e.